The van der Waals surface area contributed by atoms with E-state index in [9.17, 15) is 4.39 Å². The van der Waals surface area contributed by atoms with Crippen LogP contribution in [-0.2, 0) is 19.9 Å². The van der Waals surface area contributed by atoms with E-state index >= 15 is 0 Å². The summed E-state index contributed by atoms with van der Waals surface area (Å²) in [6.07, 6.45) is 5.69. The molecule has 0 N–H and O–H groups in total. The predicted octanol–water partition coefficient (Wildman–Crippen LogP) is 5.80. The van der Waals surface area contributed by atoms with Crippen molar-refractivity contribution in [2.75, 3.05) is 6.26 Å². The number of pyridine rings is 1. The predicted molar refractivity (Wildman–Crippen MR) is 117 cm³/mol. The molecule has 29 heavy (non-hydrogen) atoms. The minimum Gasteiger partial charge on any atom is -0.322 e. The Morgan fingerprint density at radius 2 is 1.69 bits per heavy atom. The molecule has 2 aromatic heterocycles. The summed E-state index contributed by atoms with van der Waals surface area (Å²) in [6.45, 7) is 0. The van der Waals surface area contributed by atoms with Gasteiger partial charge in [0, 0.05) is 30.1 Å². The van der Waals surface area contributed by atoms with Crippen LogP contribution in [-0.4, -0.2) is 20.8 Å². The van der Waals surface area contributed by atoms with Gasteiger partial charge < -0.3 is 4.57 Å². The highest BCUT2D eigenvalue weighted by Gasteiger charge is 2.18. The van der Waals surface area contributed by atoms with Crippen LogP contribution in [0.1, 0.15) is 11.3 Å². The number of rotatable bonds is 6. The molecule has 0 unspecified atom stereocenters. The van der Waals surface area contributed by atoms with Gasteiger partial charge in [-0.25, -0.2) is 9.37 Å². The van der Waals surface area contributed by atoms with Gasteiger partial charge in [-0.1, -0.05) is 42.1 Å². The number of nitrogens with zero attached hydrogens (tertiary/aromatic N) is 3. The standard InChI is InChI=1S/C24H22FN3S/c1-28-23(22(27-24(28)29-2)18-9-11-20(25)12-10-18)19-14-15-26-21(16-19)13-8-17-6-4-3-5-7-17/h3-7,9-12,14-16H,8,13H2,1-2H3. The van der Waals surface area contributed by atoms with Gasteiger partial charge in [0.25, 0.3) is 0 Å². The number of hydrogen-bond acceptors (Lipinski definition) is 3. The monoisotopic (exact) mass is 403 g/mol. The molecule has 0 amide bonds. The fraction of sp³-hybridized carbons (Fsp3) is 0.167. The molecule has 2 aromatic carbocycles. The average Bonchev–Trinajstić information content (AvgIpc) is 3.10. The van der Waals surface area contributed by atoms with Gasteiger partial charge in [0.05, 0.1) is 11.4 Å². The van der Waals surface area contributed by atoms with Gasteiger partial charge >= 0.3 is 0 Å². The Morgan fingerprint density at radius 3 is 2.41 bits per heavy atom. The quantitative estimate of drug-likeness (QED) is 0.382. The van der Waals surface area contributed by atoms with E-state index in [1.807, 2.05) is 31.6 Å². The Balaban J connectivity index is 1.70. The van der Waals surface area contributed by atoms with Crippen LogP contribution in [0.4, 0.5) is 4.39 Å². The molecule has 5 heteroatoms. The molecule has 146 valence electrons. The molecule has 0 saturated carbocycles. The lowest BCUT2D eigenvalue weighted by molar-refractivity contribution is 0.628. The summed E-state index contributed by atoms with van der Waals surface area (Å²) in [7, 11) is 2.02. The van der Waals surface area contributed by atoms with Crippen molar-refractivity contribution in [1.29, 1.82) is 0 Å². The molecule has 4 rings (SSSR count). The van der Waals surface area contributed by atoms with E-state index in [0.29, 0.717) is 0 Å². The van der Waals surface area contributed by atoms with Crippen LogP contribution >= 0.6 is 11.8 Å². The zero-order valence-corrected chi connectivity index (χ0v) is 17.3. The fourth-order valence-electron chi connectivity index (χ4n) is 3.48. The summed E-state index contributed by atoms with van der Waals surface area (Å²) < 4.78 is 15.5. The summed E-state index contributed by atoms with van der Waals surface area (Å²) >= 11 is 1.60. The van der Waals surface area contributed by atoms with E-state index in [2.05, 4.69) is 39.9 Å². The number of halogens is 1. The average molecular weight is 404 g/mol. The van der Waals surface area contributed by atoms with Crippen LogP contribution < -0.4 is 0 Å². The number of aromatic nitrogens is 3. The van der Waals surface area contributed by atoms with Crippen molar-refractivity contribution in [3.8, 4) is 22.5 Å². The van der Waals surface area contributed by atoms with Crippen molar-refractivity contribution in [3.05, 3.63) is 90.0 Å². The number of benzene rings is 2. The van der Waals surface area contributed by atoms with Crippen LogP contribution in [0.25, 0.3) is 22.5 Å². The van der Waals surface area contributed by atoms with Crippen molar-refractivity contribution < 1.29 is 4.39 Å². The minimum absolute atomic E-state index is 0.247. The maximum Gasteiger partial charge on any atom is 0.168 e. The van der Waals surface area contributed by atoms with Gasteiger partial charge in [-0.3, -0.25) is 4.98 Å². The van der Waals surface area contributed by atoms with Crippen LogP contribution in [0.2, 0.25) is 0 Å². The molecule has 0 bridgehead atoms. The topological polar surface area (TPSA) is 30.7 Å². The normalized spacial score (nSPS) is 11.0. The molecule has 0 aliphatic heterocycles. The van der Waals surface area contributed by atoms with Crippen molar-refractivity contribution >= 4 is 11.8 Å². The molecule has 0 radical (unpaired) electrons. The van der Waals surface area contributed by atoms with E-state index in [-0.39, 0.29) is 5.82 Å². The molecule has 0 saturated heterocycles. The van der Waals surface area contributed by atoms with E-state index in [1.165, 1.54) is 17.7 Å². The Bertz CT molecular complexity index is 1100. The second-order valence-electron chi connectivity index (χ2n) is 6.88. The first-order valence-electron chi connectivity index (χ1n) is 9.51. The third-order valence-corrected chi connectivity index (χ3v) is 5.69. The summed E-state index contributed by atoms with van der Waals surface area (Å²) in [5.41, 5.74) is 6.19. The van der Waals surface area contributed by atoms with E-state index in [4.69, 9.17) is 4.98 Å². The van der Waals surface area contributed by atoms with E-state index in [0.717, 1.165) is 46.2 Å². The van der Waals surface area contributed by atoms with Crippen LogP contribution in [0.15, 0.2) is 78.1 Å². The molecule has 0 fully saturated rings. The number of imidazole rings is 1. The van der Waals surface area contributed by atoms with Crippen molar-refractivity contribution in [1.82, 2.24) is 14.5 Å². The molecule has 2 heterocycles. The highest BCUT2D eigenvalue weighted by atomic mass is 32.2. The van der Waals surface area contributed by atoms with E-state index < -0.39 is 0 Å². The smallest absolute Gasteiger partial charge is 0.168 e. The number of hydrogen-bond donors (Lipinski definition) is 0. The molecule has 4 aromatic rings. The SMILES string of the molecule is CSc1nc(-c2ccc(F)cc2)c(-c2ccnc(CCc3ccccc3)c2)n1C. The summed E-state index contributed by atoms with van der Waals surface area (Å²) in [5, 5.41) is 0.918. The van der Waals surface area contributed by atoms with Crippen LogP contribution in [0.3, 0.4) is 0 Å². The molecular weight excluding hydrogens is 381 g/mol. The molecule has 0 atom stereocenters. The molecule has 0 aliphatic carbocycles. The number of aryl methyl sites for hydroxylation is 2. The van der Waals surface area contributed by atoms with Crippen molar-refractivity contribution in [3.63, 3.8) is 0 Å². The maximum absolute atomic E-state index is 13.4. The summed E-state index contributed by atoms with van der Waals surface area (Å²) in [5.74, 6) is -0.247. The lowest BCUT2D eigenvalue weighted by atomic mass is 10.0. The third kappa shape index (κ3) is 4.25. The molecule has 3 nitrogen and oxygen atoms in total. The second kappa shape index (κ2) is 8.62. The molecular formula is C24H22FN3S. The Morgan fingerprint density at radius 1 is 0.931 bits per heavy atom. The fourth-order valence-corrected chi connectivity index (χ4v) is 4.03. The van der Waals surface area contributed by atoms with Gasteiger partial charge in [-0.05, 0) is 61.1 Å². The Labute approximate surface area is 174 Å². The Kier molecular flexibility index (Phi) is 5.76. The largest absolute Gasteiger partial charge is 0.322 e. The summed E-state index contributed by atoms with van der Waals surface area (Å²) in [6, 6.07) is 21.1. The molecule has 0 spiro atoms. The first kappa shape index (κ1) is 19.4. The Hall–Kier alpha value is -2.92. The zero-order chi connectivity index (χ0) is 20.2. The first-order chi connectivity index (χ1) is 14.2. The lowest BCUT2D eigenvalue weighted by Crippen LogP contribution is -1.98. The van der Waals surface area contributed by atoms with Gasteiger partial charge in [0.1, 0.15) is 5.82 Å². The van der Waals surface area contributed by atoms with Gasteiger partial charge in [-0.2, -0.15) is 0 Å². The third-order valence-electron chi connectivity index (χ3n) is 4.96. The lowest BCUT2D eigenvalue weighted by Gasteiger charge is -2.09. The van der Waals surface area contributed by atoms with Gasteiger partial charge in [-0.15, -0.1) is 0 Å². The van der Waals surface area contributed by atoms with Crippen molar-refractivity contribution in [2.45, 2.75) is 18.0 Å². The van der Waals surface area contributed by atoms with Gasteiger partial charge in [0.15, 0.2) is 5.16 Å². The summed E-state index contributed by atoms with van der Waals surface area (Å²) in [4.78, 5) is 9.38. The highest BCUT2D eigenvalue weighted by molar-refractivity contribution is 7.98. The molecule has 0 aliphatic rings. The second-order valence-corrected chi connectivity index (χ2v) is 7.66. The van der Waals surface area contributed by atoms with Crippen LogP contribution in [0, 0.1) is 5.82 Å². The highest BCUT2D eigenvalue weighted by Crippen LogP contribution is 2.34. The first-order valence-corrected chi connectivity index (χ1v) is 10.7. The van der Waals surface area contributed by atoms with E-state index in [1.54, 1.807) is 23.9 Å². The minimum atomic E-state index is -0.247. The maximum atomic E-state index is 13.4. The van der Waals surface area contributed by atoms with Crippen molar-refractivity contribution in [2.24, 2.45) is 7.05 Å². The number of thioether (sulfide) groups is 1. The van der Waals surface area contributed by atoms with Gasteiger partial charge in [0.2, 0.25) is 0 Å². The van der Waals surface area contributed by atoms with Crippen LogP contribution in [0.5, 0.6) is 0 Å². The zero-order valence-electron chi connectivity index (χ0n) is 16.5.